The van der Waals surface area contributed by atoms with E-state index in [1.807, 2.05) is 21.6 Å². The molecular weight excluding hydrogens is 580 g/mol. The number of halogens is 2. The lowest BCUT2D eigenvalue weighted by Crippen LogP contribution is -2.47. The number of nitrogens with two attached hydrogens (primary N) is 1. The van der Waals surface area contributed by atoms with E-state index in [9.17, 15) is 18.1 Å². The molecule has 4 aromatic heterocycles. The smallest absolute Gasteiger partial charge is 0.256 e. The van der Waals surface area contributed by atoms with E-state index >= 15 is 0 Å². The first-order valence-electron chi connectivity index (χ1n) is 13.8. The molecule has 0 aliphatic carbocycles. The lowest BCUT2D eigenvalue weighted by molar-refractivity contribution is 0.0798. The predicted molar refractivity (Wildman–Crippen MR) is 159 cm³/mol. The maximum absolute atomic E-state index is 14.8. The minimum absolute atomic E-state index is 0.191. The molecule has 1 aliphatic rings. The molecule has 1 atom stereocenters. The number of hydrogen-bond acceptors (Lipinski definition) is 9. The van der Waals surface area contributed by atoms with Crippen LogP contribution in [0.4, 0.5) is 20.4 Å². The quantitative estimate of drug-likeness (QED) is 0.249. The van der Waals surface area contributed by atoms with E-state index in [1.54, 1.807) is 23.2 Å². The Kier molecular flexibility index (Phi) is 7.94. The third-order valence-corrected chi connectivity index (χ3v) is 8.43. The second-order valence-corrected chi connectivity index (χ2v) is 12.1. The minimum Gasteiger partial charge on any atom is -0.617 e. The van der Waals surface area contributed by atoms with Crippen molar-refractivity contribution in [1.82, 2.24) is 33.9 Å². The van der Waals surface area contributed by atoms with Crippen molar-refractivity contribution in [2.24, 2.45) is 0 Å². The summed E-state index contributed by atoms with van der Waals surface area (Å²) < 4.78 is 49.8. The van der Waals surface area contributed by atoms with Crippen molar-refractivity contribution in [3.8, 4) is 11.5 Å². The number of amides is 1. The highest BCUT2D eigenvalue weighted by Crippen LogP contribution is 2.27. The third-order valence-electron chi connectivity index (χ3n) is 7.67. The standard InChI is InChI=1S/C28H31F2N9O3S/c1-35(11-13-43(2)41)27(40)18-14-22(20(30)15-19(18)29)37-8-5-36(6-9-37)7-10-38-17-32-25-23-16-21(24-4-3-12-42-24)34-39(23)28(31)33-26(25)38/h3-4,12,14-17H,5-11,13H2,1-2H3,(H2,31,33)/t43-/m1/s1. The van der Waals surface area contributed by atoms with Crippen LogP contribution in [0, 0.1) is 11.6 Å². The molecule has 226 valence electrons. The summed E-state index contributed by atoms with van der Waals surface area (Å²) in [5.74, 6) is -1.07. The number of rotatable bonds is 9. The Balaban J connectivity index is 1.11. The van der Waals surface area contributed by atoms with Gasteiger partial charge in [-0.3, -0.25) is 9.69 Å². The minimum atomic E-state index is -1.09. The Morgan fingerprint density at radius 2 is 1.95 bits per heavy atom. The largest absolute Gasteiger partial charge is 0.617 e. The van der Waals surface area contributed by atoms with Gasteiger partial charge in [0.15, 0.2) is 11.4 Å². The highest BCUT2D eigenvalue weighted by atomic mass is 32.2. The Morgan fingerprint density at radius 1 is 1.16 bits per heavy atom. The fourth-order valence-corrected chi connectivity index (χ4v) is 5.77. The Morgan fingerprint density at radius 3 is 2.67 bits per heavy atom. The van der Waals surface area contributed by atoms with Crippen molar-refractivity contribution < 1.29 is 22.5 Å². The first-order chi connectivity index (χ1) is 20.7. The molecule has 1 aromatic carbocycles. The molecule has 0 spiro atoms. The number of carbonyl (C=O) groups is 1. The third kappa shape index (κ3) is 5.75. The molecule has 1 fully saturated rings. The molecule has 12 nitrogen and oxygen atoms in total. The van der Waals surface area contributed by atoms with E-state index < -0.39 is 28.7 Å². The fraction of sp³-hybridized carbons (Fsp3) is 0.357. The van der Waals surface area contributed by atoms with Gasteiger partial charge in [-0.2, -0.15) is 14.6 Å². The fourth-order valence-electron chi connectivity index (χ4n) is 5.24. The molecule has 1 amide bonds. The van der Waals surface area contributed by atoms with Gasteiger partial charge >= 0.3 is 0 Å². The summed E-state index contributed by atoms with van der Waals surface area (Å²) in [7, 11) is 1.51. The normalized spacial score (nSPS) is 15.0. The zero-order chi connectivity index (χ0) is 30.2. The summed E-state index contributed by atoms with van der Waals surface area (Å²) in [6.07, 6.45) is 4.85. The first kappa shape index (κ1) is 28.9. The van der Waals surface area contributed by atoms with Crippen LogP contribution in [0.25, 0.3) is 28.1 Å². The summed E-state index contributed by atoms with van der Waals surface area (Å²) in [5.41, 5.74) is 8.91. The van der Waals surface area contributed by atoms with Gasteiger partial charge in [-0.1, -0.05) is 11.2 Å². The van der Waals surface area contributed by atoms with Crippen LogP contribution in [-0.4, -0.2) is 103 Å². The van der Waals surface area contributed by atoms with Crippen LogP contribution in [0.1, 0.15) is 10.4 Å². The monoisotopic (exact) mass is 611 g/mol. The van der Waals surface area contributed by atoms with Gasteiger partial charge in [0.1, 0.15) is 34.1 Å². The Bertz CT molecular complexity index is 1760. The molecule has 6 rings (SSSR count). The molecule has 1 saturated heterocycles. The van der Waals surface area contributed by atoms with Crippen molar-refractivity contribution >= 4 is 45.4 Å². The lowest BCUT2D eigenvalue weighted by atomic mass is 10.1. The number of nitrogens with zero attached hydrogens (tertiary/aromatic N) is 8. The number of benzene rings is 1. The van der Waals surface area contributed by atoms with Crippen molar-refractivity contribution in [2.75, 3.05) is 69.0 Å². The number of anilines is 2. The average molecular weight is 612 g/mol. The predicted octanol–water partition coefficient (Wildman–Crippen LogP) is 2.47. The van der Waals surface area contributed by atoms with Crippen LogP contribution >= 0.6 is 0 Å². The van der Waals surface area contributed by atoms with Gasteiger partial charge in [0.05, 0.1) is 36.6 Å². The molecule has 0 unspecified atom stereocenters. The van der Waals surface area contributed by atoms with Crippen molar-refractivity contribution in [2.45, 2.75) is 6.54 Å². The molecule has 1 aliphatic heterocycles. The van der Waals surface area contributed by atoms with Crippen molar-refractivity contribution in [1.29, 1.82) is 0 Å². The molecule has 15 heteroatoms. The van der Waals surface area contributed by atoms with Crippen molar-refractivity contribution in [3.05, 3.63) is 60.1 Å². The summed E-state index contributed by atoms with van der Waals surface area (Å²) in [4.78, 5) is 27.3. The van der Waals surface area contributed by atoms with Gasteiger partial charge in [0, 0.05) is 52.4 Å². The number of furan rings is 1. The van der Waals surface area contributed by atoms with E-state index in [-0.39, 0.29) is 29.5 Å². The number of fused-ring (bicyclic) bond motifs is 3. The van der Waals surface area contributed by atoms with Crippen molar-refractivity contribution in [3.63, 3.8) is 0 Å². The van der Waals surface area contributed by atoms with Gasteiger partial charge in [-0.05, 0) is 24.3 Å². The van der Waals surface area contributed by atoms with E-state index in [0.29, 0.717) is 61.9 Å². The number of piperazine rings is 1. The molecule has 0 bridgehead atoms. The topological polar surface area (TPSA) is 137 Å². The molecule has 5 aromatic rings. The van der Waals surface area contributed by atoms with Crippen LogP contribution in [0.15, 0.2) is 47.3 Å². The summed E-state index contributed by atoms with van der Waals surface area (Å²) in [6.45, 7) is 3.80. The van der Waals surface area contributed by atoms with E-state index in [0.717, 1.165) is 11.6 Å². The number of hydrogen-bond donors (Lipinski definition) is 1. The molecule has 2 N–H and O–H groups in total. The van der Waals surface area contributed by atoms with Crippen LogP contribution < -0.4 is 10.6 Å². The van der Waals surface area contributed by atoms with Crippen LogP contribution in [0.3, 0.4) is 0 Å². The Labute approximate surface area is 248 Å². The SMILES string of the molecule is CN(CC[S@@+](C)[O-])C(=O)c1cc(N2CCN(CCn3cnc4c3nc(N)n3nc(-c5ccco5)cc43)CC2)c(F)cc1F. The van der Waals surface area contributed by atoms with Gasteiger partial charge in [0.2, 0.25) is 5.95 Å². The van der Waals surface area contributed by atoms with Crippen LogP contribution in [0.5, 0.6) is 0 Å². The molecule has 0 saturated carbocycles. The lowest BCUT2D eigenvalue weighted by Gasteiger charge is -2.36. The van der Waals surface area contributed by atoms with Gasteiger partial charge < -0.3 is 29.1 Å². The maximum atomic E-state index is 14.8. The molecule has 0 radical (unpaired) electrons. The second-order valence-electron chi connectivity index (χ2n) is 10.5. The molecule has 43 heavy (non-hydrogen) atoms. The maximum Gasteiger partial charge on any atom is 0.256 e. The zero-order valence-electron chi connectivity index (χ0n) is 23.7. The average Bonchev–Trinajstić information content (AvgIpc) is 3.75. The van der Waals surface area contributed by atoms with Crippen LogP contribution in [-0.2, 0) is 17.7 Å². The number of aromatic nitrogens is 5. The van der Waals surface area contributed by atoms with Gasteiger partial charge in [0.25, 0.3) is 5.91 Å². The van der Waals surface area contributed by atoms with E-state index in [4.69, 9.17) is 10.2 Å². The summed E-state index contributed by atoms with van der Waals surface area (Å²) >= 11 is -1.09. The number of imidazole rings is 1. The van der Waals surface area contributed by atoms with Gasteiger partial charge in [-0.15, -0.1) is 0 Å². The highest BCUT2D eigenvalue weighted by Gasteiger charge is 2.25. The molecular formula is C28H31F2N9O3S. The van der Waals surface area contributed by atoms with E-state index in [2.05, 4.69) is 20.0 Å². The van der Waals surface area contributed by atoms with E-state index in [1.165, 1.54) is 24.3 Å². The highest BCUT2D eigenvalue weighted by molar-refractivity contribution is 7.90. The summed E-state index contributed by atoms with van der Waals surface area (Å²) in [6, 6.07) is 7.53. The second kappa shape index (κ2) is 11.8. The van der Waals surface area contributed by atoms with Gasteiger partial charge in [-0.25, -0.2) is 13.8 Å². The Hall–Kier alpha value is -4.21. The number of nitrogen functional groups attached to an aromatic ring is 1. The van der Waals surface area contributed by atoms with Crippen LogP contribution in [0.2, 0.25) is 0 Å². The molecule has 5 heterocycles. The number of carbonyl (C=O) groups excluding carboxylic acids is 1. The first-order valence-corrected chi connectivity index (χ1v) is 15.5. The zero-order valence-corrected chi connectivity index (χ0v) is 24.6. The summed E-state index contributed by atoms with van der Waals surface area (Å²) in [5, 5.41) is 4.51.